The number of carbonyl (C=O) groups excluding carboxylic acids is 1. The van der Waals surface area contributed by atoms with Crippen molar-refractivity contribution in [3.8, 4) is 0 Å². The molecule has 2 aliphatic rings. The number of piperidine rings is 1. The first-order chi connectivity index (χ1) is 13.2. The summed E-state index contributed by atoms with van der Waals surface area (Å²) < 4.78 is 0. The maximum absolute atomic E-state index is 12.6. The standard InChI is InChI=1S/C24H38N2O/c1-3-24(27)26(23-12-8-5-9-13-23)19-20(2)25-16-14-22(15-17-25)18-21-10-6-4-7-11-21/h4,6-7,10-11,20,22-23H,3,5,8-9,12-19H2,1-2H3. The molecule has 150 valence electrons. The van der Waals surface area contributed by atoms with Gasteiger partial charge in [0.15, 0.2) is 0 Å². The molecule has 0 aromatic heterocycles. The summed E-state index contributed by atoms with van der Waals surface area (Å²) >= 11 is 0. The van der Waals surface area contributed by atoms with E-state index in [-0.39, 0.29) is 0 Å². The predicted octanol–water partition coefficient (Wildman–Crippen LogP) is 4.90. The Morgan fingerprint density at radius 2 is 1.74 bits per heavy atom. The molecule has 27 heavy (non-hydrogen) atoms. The van der Waals surface area contributed by atoms with Crippen molar-refractivity contribution in [2.45, 2.75) is 83.7 Å². The van der Waals surface area contributed by atoms with Crippen LogP contribution in [-0.2, 0) is 11.2 Å². The minimum absolute atomic E-state index is 0.354. The molecule has 3 rings (SSSR count). The number of likely N-dealkylation sites (tertiary alicyclic amines) is 1. The molecule has 1 atom stereocenters. The summed E-state index contributed by atoms with van der Waals surface area (Å²) in [5, 5.41) is 0. The third-order valence-corrected chi connectivity index (χ3v) is 6.74. The van der Waals surface area contributed by atoms with Gasteiger partial charge < -0.3 is 4.90 Å². The molecular weight excluding hydrogens is 332 g/mol. The molecule has 1 heterocycles. The van der Waals surface area contributed by atoms with Gasteiger partial charge in [0.25, 0.3) is 0 Å². The van der Waals surface area contributed by atoms with Crippen LogP contribution in [0.3, 0.4) is 0 Å². The monoisotopic (exact) mass is 370 g/mol. The summed E-state index contributed by atoms with van der Waals surface area (Å²) in [7, 11) is 0. The zero-order valence-corrected chi connectivity index (χ0v) is 17.4. The zero-order valence-electron chi connectivity index (χ0n) is 17.4. The van der Waals surface area contributed by atoms with Crippen molar-refractivity contribution in [2.24, 2.45) is 5.92 Å². The van der Waals surface area contributed by atoms with Crippen LogP contribution in [0, 0.1) is 5.92 Å². The van der Waals surface area contributed by atoms with Crippen LogP contribution in [-0.4, -0.2) is 47.4 Å². The van der Waals surface area contributed by atoms with E-state index in [1.165, 1.54) is 70.0 Å². The van der Waals surface area contributed by atoms with Crippen LogP contribution in [0.25, 0.3) is 0 Å². The van der Waals surface area contributed by atoms with E-state index in [1.54, 1.807) is 0 Å². The Hall–Kier alpha value is -1.35. The van der Waals surface area contributed by atoms with Crippen LogP contribution in [0.2, 0.25) is 0 Å². The van der Waals surface area contributed by atoms with Crippen molar-refractivity contribution < 1.29 is 4.79 Å². The smallest absolute Gasteiger partial charge is 0.222 e. The van der Waals surface area contributed by atoms with Gasteiger partial charge in [-0.2, -0.15) is 0 Å². The normalized spacial score (nSPS) is 21.1. The lowest BCUT2D eigenvalue weighted by atomic mass is 9.89. The molecule has 1 aromatic rings. The topological polar surface area (TPSA) is 23.6 Å². The maximum atomic E-state index is 12.6. The van der Waals surface area contributed by atoms with Crippen molar-refractivity contribution in [2.75, 3.05) is 19.6 Å². The minimum atomic E-state index is 0.354. The van der Waals surface area contributed by atoms with Gasteiger partial charge in [0.1, 0.15) is 0 Å². The summed E-state index contributed by atoms with van der Waals surface area (Å²) in [5.74, 6) is 1.16. The molecule has 0 bridgehead atoms. The SMILES string of the molecule is CCC(=O)N(CC(C)N1CCC(Cc2ccccc2)CC1)C1CCCCC1. The van der Waals surface area contributed by atoms with Crippen LogP contribution in [0.4, 0.5) is 0 Å². The molecule has 0 radical (unpaired) electrons. The summed E-state index contributed by atoms with van der Waals surface area (Å²) in [4.78, 5) is 17.5. The lowest BCUT2D eigenvalue weighted by Crippen LogP contribution is -2.50. The fourth-order valence-electron chi connectivity index (χ4n) is 5.00. The van der Waals surface area contributed by atoms with Crippen LogP contribution in [0.15, 0.2) is 30.3 Å². The molecule has 2 fully saturated rings. The van der Waals surface area contributed by atoms with Crippen LogP contribution >= 0.6 is 0 Å². The summed E-state index contributed by atoms with van der Waals surface area (Å²) in [5.41, 5.74) is 1.47. The molecule has 1 amide bonds. The number of hydrogen-bond donors (Lipinski definition) is 0. The lowest BCUT2D eigenvalue weighted by Gasteiger charge is -2.41. The highest BCUT2D eigenvalue weighted by Crippen LogP contribution is 2.26. The zero-order chi connectivity index (χ0) is 19.1. The third kappa shape index (κ3) is 5.81. The van der Waals surface area contributed by atoms with Gasteiger partial charge in [0.05, 0.1) is 0 Å². The van der Waals surface area contributed by atoms with Crippen molar-refractivity contribution in [3.05, 3.63) is 35.9 Å². The Balaban J connectivity index is 1.49. The van der Waals surface area contributed by atoms with Gasteiger partial charge >= 0.3 is 0 Å². The van der Waals surface area contributed by atoms with E-state index in [2.05, 4.69) is 47.1 Å². The quantitative estimate of drug-likeness (QED) is 0.681. The van der Waals surface area contributed by atoms with Gasteiger partial charge in [-0.25, -0.2) is 0 Å². The first kappa shape index (κ1) is 20.4. The first-order valence-corrected chi connectivity index (χ1v) is 11.2. The fraction of sp³-hybridized carbons (Fsp3) is 0.708. The van der Waals surface area contributed by atoms with Crippen LogP contribution in [0.1, 0.15) is 70.8 Å². The van der Waals surface area contributed by atoms with Gasteiger partial charge in [-0.05, 0) is 63.6 Å². The van der Waals surface area contributed by atoms with Gasteiger partial charge in [-0.15, -0.1) is 0 Å². The van der Waals surface area contributed by atoms with Gasteiger partial charge in [0, 0.05) is 25.0 Å². The van der Waals surface area contributed by atoms with E-state index < -0.39 is 0 Å². The number of rotatable bonds is 7. The highest BCUT2D eigenvalue weighted by atomic mass is 16.2. The third-order valence-electron chi connectivity index (χ3n) is 6.74. The number of benzene rings is 1. The second kappa shape index (κ2) is 10.3. The molecule has 1 saturated heterocycles. The lowest BCUT2D eigenvalue weighted by molar-refractivity contribution is -0.135. The summed E-state index contributed by atoms with van der Waals surface area (Å²) in [6.07, 6.45) is 10.8. The second-order valence-corrected chi connectivity index (χ2v) is 8.71. The predicted molar refractivity (Wildman–Crippen MR) is 113 cm³/mol. The van der Waals surface area contributed by atoms with E-state index in [4.69, 9.17) is 0 Å². The first-order valence-electron chi connectivity index (χ1n) is 11.2. The Labute approximate surface area is 166 Å². The molecule has 0 N–H and O–H groups in total. The summed E-state index contributed by atoms with van der Waals surface area (Å²) in [6, 6.07) is 11.9. The molecule has 3 nitrogen and oxygen atoms in total. The van der Waals surface area contributed by atoms with Crippen molar-refractivity contribution >= 4 is 5.91 Å². The highest BCUT2D eigenvalue weighted by molar-refractivity contribution is 5.76. The molecule has 1 unspecified atom stereocenters. The molecule has 1 aliphatic heterocycles. The number of hydrogen-bond acceptors (Lipinski definition) is 2. The molecule has 1 saturated carbocycles. The maximum Gasteiger partial charge on any atom is 0.222 e. The molecular formula is C24H38N2O. The van der Waals surface area contributed by atoms with Gasteiger partial charge in [-0.1, -0.05) is 56.5 Å². The number of carbonyl (C=O) groups is 1. The van der Waals surface area contributed by atoms with Crippen LogP contribution in [0.5, 0.6) is 0 Å². The van der Waals surface area contributed by atoms with Crippen molar-refractivity contribution in [1.82, 2.24) is 9.80 Å². The fourth-order valence-corrected chi connectivity index (χ4v) is 5.00. The van der Waals surface area contributed by atoms with Crippen molar-refractivity contribution in [3.63, 3.8) is 0 Å². The van der Waals surface area contributed by atoms with E-state index in [0.29, 0.717) is 24.4 Å². The average molecular weight is 371 g/mol. The molecule has 1 aliphatic carbocycles. The molecule has 3 heteroatoms. The van der Waals surface area contributed by atoms with E-state index in [1.807, 2.05) is 6.92 Å². The van der Waals surface area contributed by atoms with Crippen molar-refractivity contribution in [1.29, 1.82) is 0 Å². The van der Waals surface area contributed by atoms with E-state index >= 15 is 0 Å². The average Bonchev–Trinajstić information content (AvgIpc) is 2.73. The molecule has 0 spiro atoms. The second-order valence-electron chi connectivity index (χ2n) is 8.71. The Kier molecular flexibility index (Phi) is 7.75. The minimum Gasteiger partial charge on any atom is -0.338 e. The number of amides is 1. The Morgan fingerprint density at radius 1 is 1.07 bits per heavy atom. The van der Waals surface area contributed by atoms with E-state index in [9.17, 15) is 4.79 Å². The number of nitrogens with zero attached hydrogens (tertiary/aromatic N) is 2. The van der Waals surface area contributed by atoms with E-state index in [0.717, 1.165) is 12.5 Å². The van der Waals surface area contributed by atoms with Crippen LogP contribution < -0.4 is 0 Å². The Bertz CT molecular complexity index is 559. The highest BCUT2D eigenvalue weighted by Gasteiger charge is 2.29. The van der Waals surface area contributed by atoms with Gasteiger partial charge in [0.2, 0.25) is 5.91 Å². The Morgan fingerprint density at radius 3 is 2.37 bits per heavy atom. The summed E-state index contributed by atoms with van der Waals surface area (Å²) in [6.45, 7) is 7.61. The largest absolute Gasteiger partial charge is 0.338 e. The molecule has 1 aromatic carbocycles. The van der Waals surface area contributed by atoms with Gasteiger partial charge in [-0.3, -0.25) is 9.69 Å².